The van der Waals surface area contributed by atoms with Crippen LogP contribution in [-0.2, 0) is 6.54 Å². The van der Waals surface area contributed by atoms with Crippen molar-refractivity contribution in [3.63, 3.8) is 0 Å². The average Bonchev–Trinajstić information content (AvgIpc) is 3.04. The SMILES string of the molecule is Nc1nsnc1NCC=CCOc1cccc(CN2CCCCC2)c1. The monoisotopic (exact) mass is 359 g/mol. The third-order valence-electron chi connectivity index (χ3n) is 4.17. The Morgan fingerprint density at radius 3 is 2.88 bits per heavy atom. The van der Waals surface area contributed by atoms with Gasteiger partial charge in [0.05, 0.1) is 11.7 Å². The molecule has 7 heteroatoms. The number of likely N-dealkylation sites (tertiary alicyclic amines) is 1. The number of aromatic nitrogens is 2. The lowest BCUT2D eigenvalue weighted by Crippen LogP contribution is -2.29. The van der Waals surface area contributed by atoms with Gasteiger partial charge in [-0.25, -0.2) is 0 Å². The summed E-state index contributed by atoms with van der Waals surface area (Å²) in [5.41, 5.74) is 6.98. The average molecular weight is 359 g/mol. The predicted molar refractivity (Wildman–Crippen MR) is 103 cm³/mol. The van der Waals surface area contributed by atoms with Crippen molar-refractivity contribution in [2.24, 2.45) is 0 Å². The third kappa shape index (κ3) is 5.72. The van der Waals surface area contributed by atoms with Crippen molar-refractivity contribution in [1.29, 1.82) is 0 Å². The van der Waals surface area contributed by atoms with Gasteiger partial charge in [0.2, 0.25) is 0 Å². The molecule has 1 aromatic heterocycles. The summed E-state index contributed by atoms with van der Waals surface area (Å²) in [6.45, 7) is 4.62. The molecule has 6 nitrogen and oxygen atoms in total. The van der Waals surface area contributed by atoms with Crippen LogP contribution in [-0.4, -0.2) is 39.9 Å². The summed E-state index contributed by atoms with van der Waals surface area (Å²) in [4.78, 5) is 2.52. The number of piperidine rings is 1. The van der Waals surface area contributed by atoms with Gasteiger partial charge < -0.3 is 15.8 Å². The van der Waals surface area contributed by atoms with E-state index < -0.39 is 0 Å². The van der Waals surface area contributed by atoms with E-state index >= 15 is 0 Å². The molecule has 0 radical (unpaired) electrons. The largest absolute Gasteiger partial charge is 0.490 e. The predicted octanol–water partition coefficient (Wildman–Crippen LogP) is 3.15. The van der Waals surface area contributed by atoms with Gasteiger partial charge in [0.1, 0.15) is 12.4 Å². The summed E-state index contributed by atoms with van der Waals surface area (Å²) >= 11 is 1.11. The molecule has 3 rings (SSSR count). The lowest BCUT2D eigenvalue weighted by Gasteiger charge is -2.26. The Bertz CT molecular complexity index is 682. The first-order valence-electron chi connectivity index (χ1n) is 8.72. The molecule has 0 spiro atoms. The molecule has 1 fully saturated rings. The zero-order chi connectivity index (χ0) is 17.3. The Kier molecular flexibility index (Phi) is 6.64. The maximum Gasteiger partial charge on any atom is 0.184 e. The summed E-state index contributed by atoms with van der Waals surface area (Å²) in [6.07, 6.45) is 7.98. The van der Waals surface area contributed by atoms with Crippen LogP contribution in [0.1, 0.15) is 24.8 Å². The lowest BCUT2D eigenvalue weighted by atomic mass is 10.1. The van der Waals surface area contributed by atoms with Gasteiger partial charge in [-0.1, -0.05) is 24.6 Å². The molecule has 0 saturated carbocycles. The quantitative estimate of drug-likeness (QED) is 0.705. The molecule has 1 aromatic carbocycles. The smallest absolute Gasteiger partial charge is 0.184 e. The van der Waals surface area contributed by atoms with Gasteiger partial charge in [0, 0.05) is 13.1 Å². The molecule has 2 heterocycles. The fraction of sp³-hybridized carbons (Fsp3) is 0.444. The number of nitrogens with one attached hydrogen (secondary N) is 1. The number of benzene rings is 1. The molecule has 3 N–H and O–H groups in total. The molecule has 1 aliphatic rings. The first kappa shape index (κ1) is 17.7. The van der Waals surface area contributed by atoms with Crippen molar-refractivity contribution in [3.05, 3.63) is 42.0 Å². The van der Waals surface area contributed by atoms with Gasteiger partial charge in [-0.15, -0.1) is 0 Å². The van der Waals surface area contributed by atoms with Crippen molar-refractivity contribution in [2.45, 2.75) is 25.8 Å². The molecular formula is C18H25N5OS. The second-order valence-corrected chi connectivity index (χ2v) is 6.67. The Morgan fingerprint density at radius 2 is 2.08 bits per heavy atom. The van der Waals surface area contributed by atoms with Gasteiger partial charge in [0.15, 0.2) is 11.6 Å². The van der Waals surface area contributed by atoms with Gasteiger partial charge in [0.25, 0.3) is 0 Å². The van der Waals surface area contributed by atoms with E-state index in [4.69, 9.17) is 10.5 Å². The van der Waals surface area contributed by atoms with E-state index in [1.54, 1.807) is 0 Å². The Balaban J connectivity index is 1.39. The fourth-order valence-corrected chi connectivity index (χ4v) is 3.33. The van der Waals surface area contributed by atoms with Crippen LogP contribution < -0.4 is 15.8 Å². The second-order valence-electron chi connectivity index (χ2n) is 6.15. The van der Waals surface area contributed by atoms with Gasteiger partial charge in [-0.2, -0.15) is 8.75 Å². The first-order valence-corrected chi connectivity index (χ1v) is 9.45. The molecule has 1 saturated heterocycles. The van der Waals surface area contributed by atoms with Crippen LogP contribution in [0, 0.1) is 0 Å². The fourth-order valence-electron chi connectivity index (χ4n) is 2.88. The molecule has 2 aromatic rings. The zero-order valence-corrected chi connectivity index (χ0v) is 15.2. The minimum atomic E-state index is 0.445. The number of rotatable bonds is 8. The highest BCUT2D eigenvalue weighted by atomic mass is 32.1. The number of hydrogen-bond donors (Lipinski definition) is 2. The van der Waals surface area contributed by atoms with Gasteiger partial charge >= 0.3 is 0 Å². The van der Waals surface area contributed by atoms with Crippen LogP contribution in [0.25, 0.3) is 0 Å². The van der Waals surface area contributed by atoms with Crippen LogP contribution >= 0.6 is 11.7 Å². The van der Waals surface area contributed by atoms with Crippen molar-refractivity contribution >= 4 is 23.4 Å². The third-order valence-corrected chi connectivity index (χ3v) is 4.71. The molecule has 1 aliphatic heterocycles. The Morgan fingerprint density at radius 1 is 1.20 bits per heavy atom. The number of ether oxygens (including phenoxy) is 1. The second kappa shape index (κ2) is 9.39. The first-order chi connectivity index (χ1) is 12.3. The summed E-state index contributed by atoms with van der Waals surface area (Å²) < 4.78 is 13.8. The maximum absolute atomic E-state index is 5.81. The Hall–Kier alpha value is -2.12. The number of hydrogen-bond acceptors (Lipinski definition) is 7. The van der Waals surface area contributed by atoms with Crippen LogP contribution in [0.4, 0.5) is 11.6 Å². The van der Waals surface area contributed by atoms with E-state index in [1.165, 1.54) is 37.9 Å². The molecule has 0 bridgehead atoms. The van der Waals surface area contributed by atoms with E-state index in [0.717, 1.165) is 24.0 Å². The molecule has 25 heavy (non-hydrogen) atoms. The standard InChI is InChI=1S/C18H25N5OS/c19-17-18(22-25-21-17)20-9-2-5-12-24-16-8-6-7-15(13-16)14-23-10-3-1-4-11-23/h2,5-8,13H,1,3-4,9-12,14H2,(H2,19,21)(H,20,22). The summed E-state index contributed by atoms with van der Waals surface area (Å²) in [5.74, 6) is 2.00. The van der Waals surface area contributed by atoms with Crippen LogP contribution in [0.2, 0.25) is 0 Å². The number of nitrogen functional groups attached to an aromatic ring is 1. The number of nitrogens with zero attached hydrogens (tertiary/aromatic N) is 3. The topological polar surface area (TPSA) is 76.3 Å². The van der Waals surface area contributed by atoms with Crippen LogP contribution in [0.5, 0.6) is 5.75 Å². The molecule has 134 valence electrons. The van der Waals surface area contributed by atoms with Crippen molar-refractivity contribution < 1.29 is 4.74 Å². The summed E-state index contributed by atoms with van der Waals surface area (Å²) in [7, 11) is 0. The zero-order valence-electron chi connectivity index (χ0n) is 14.4. The molecular weight excluding hydrogens is 334 g/mol. The van der Waals surface area contributed by atoms with Crippen LogP contribution in [0.15, 0.2) is 36.4 Å². The molecule has 0 atom stereocenters. The highest BCUT2D eigenvalue weighted by molar-refractivity contribution is 6.99. The van der Waals surface area contributed by atoms with E-state index in [2.05, 4.69) is 37.2 Å². The maximum atomic E-state index is 5.81. The highest BCUT2D eigenvalue weighted by Crippen LogP contribution is 2.17. The van der Waals surface area contributed by atoms with Crippen LogP contribution in [0.3, 0.4) is 0 Å². The molecule has 0 aliphatic carbocycles. The number of nitrogens with two attached hydrogens (primary N) is 1. The number of anilines is 2. The highest BCUT2D eigenvalue weighted by Gasteiger charge is 2.10. The van der Waals surface area contributed by atoms with E-state index in [-0.39, 0.29) is 0 Å². The van der Waals surface area contributed by atoms with E-state index in [1.807, 2.05) is 18.2 Å². The lowest BCUT2D eigenvalue weighted by molar-refractivity contribution is 0.220. The van der Waals surface area contributed by atoms with E-state index in [0.29, 0.717) is 24.8 Å². The summed E-state index contributed by atoms with van der Waals surface area (Å²) in [5, 5.41) is 3.11. The molecule has 0 amide bonds. The van der Waals surface area contributed by atoms with Gasteiger partial charge in [-0.3, -0.25) is 4.90 Å². The summed E-state index contributed by atoms with van der Waals surface area (Å²) in [6, 6.07) is 8.39. The van der Waals surface area contributed by atoms with E-state index in [9.17, 15) is 0 Å². The van der Waals surface area contributed by atoms with Crippen molar-refractivity contribution in [3.8, 4) is 5.75 Å². The molecule has 0 unspecified atom stereocenters. The van der Waals surface area contributed by atoms with Crippen molar-refractivity contribution in [2.75, 3.05) is 37.3 Å². The van der Waals surface area contributed by atoms with Crippen molar-refractivity contribution in [1.82, 2.24) is 13.6 Å². The normalized spacial score (nSPS) is 15.5. The van der Waals surface area contributed by atoms with Gasteiger partial charge in [-0.05, 0) is 49.7 Å². The minimum Gasteiger partial charge on any atom is -0.490 e. The minimum absolute atomic E-state index is 0.445. The Labute approximate surface area is 153 Å².